The Labute approximate surface area is 164 Å². The smallest absolute Gasteiger partial charge is 0.307 e. The quantitative estimate of drug-likeness (QED) is 0.449. The number of furan rings is 1. The molecule has 0 aromatic carbocycles. The fourth-order valence-corrected chi connectivity index (χ4v) is 2.56. The van der Waals surface area contributed by atoms with Crippen molar-refractivity contribution < 1.29 is 18.9 Å². The van der Waals surface area contributed by atoms with Gasteiger partial charge in [0.15, 0.2) is 0 Å². The van der Waals surface area contributed by atoms with Crippen molar-refractivity contribution in [1.82, 2.24) is 24.9 Å². The van der Waals surface area contributed by atoms with Crippen LogP contribution in [0.4, 0.5) is 11.4 Å². The number of amides is 2. The molecule has 0 saturated carbocycles. The summed E-state index contributed by atoms with van der Waals surface area (Å²) < 4.78 is 7.69. The third-order valence-electron chi connectivity index (χ3n) is 4.31. The normalized spacial score (nSPS) is 11.3. The maximum Gasteiger partial charge on any atom is 0.307 e. The molecule has 0 fully saturated rings. The van der Waals surface area contributed by atoms with E-state index in [-0.39, 0.29) is 23.6 Å². The van der Waals surface area contributed by atoms with Gasteiger partial charge in [-0.25, -0.2) is 0 Å². The summed E-state index contributed by atoms with van der Waals surface area (Å²) in [5, 5.41) is 24.1. The molecule has 0 atom stereocenters. The molecule has 3 rings (SSSR count). The zero-order chi connectivity index (χ0) is 21.2. The van der Waals surface area contributed by atoms with Gasteiger partial charge in [0, 0.05) is 7.05 Å². The number of nitrogens with zero attached hydrogens (tertiary/aromatic N) is 5. The van der Waals surface area contributed by atoms with Crippen molar-refractivity contribution in [2.24, 2.45) is 7.05 Å². The van der Waals surface area contributed by atoms with Crippen molar-refractivity contribution in [2.75, 3.05) is 5.32 Å². The summed E-state index contributed by atoms with van der Waals surface area (Å²) >= 11 is 0. The van der Waals surface area contributed by atoms with Crippen LogP contribution >= 0.6 is 0 Å². The van der Waals surface area contributed by atoms with E-state index in [0.29, 0.717) is 5.76 Å². The van der Waals surface area contributed by atoms with Gasteiger partial charge in [0.1, 0.15) is 29.4 Å². The molecular weight excluding hydrogens is 382 g/mol. The molecule has 12 nitrogen and oxygen atoms in total. The molecule has 2 amide bonds. The number of rotatable bonds is 7. The van der Waals surface area contributed by atoms with Crippen LogP contribution in [0.2, 0.25) is 0 Å². The van der Waals surface area contributed by atoms with Crippen molar-refractivity contribution in [3.8, 4) is 0 Å². The molecule has 29 heavy (non-hydrogen) atoms. The van der Waals surface area contributed by atoms with Gasteiger partial charge in [-0.05, 0) is 26.0 Å². The second kappa shape index (κ2) is 7.58. The van der Waals surface area contributed by atoms with Gasteiger partial charge in [0.05, 0.1) is 29.6 Å². The van der Waals surface area contributed by atoms with E-state index in [9.17, 15) is 19.7 Å². The first-order valence-electron chi connectivity index (χ1n) is 8.53. The number of hydrogen-bond acceptors (Lipinski definition) is 7. The Hall–Kier alpha value is -3.96. The molecule has 0 saturated heterocycles. The third-order valence-corrected chi connectivity index (χ3v) is 4.31. The minimum Gasteiger partial charge on any atom is -0.467 e. The first-order chi connectivity index (χ1) is 13.7. The zero-order valence-corrected chi connectivity index (χ0v) is 15.9. The second-order valence-corrected chi connectivity index (χ2v) is 6.71. The topological polar surface area (TPSA) is 150 Å². The molecule has 0 aliphatic rings. The maximum atomic E-state index is 12.8. The number of aryl methyl sites for hydroxylation is 1. The standard InChI is InChI=1S/C17H19N7O5/c1-17(2,23-10-11(7-20-23)24(27)28)16(26)21-13-9-19-22(3)14(13)15(25)18-8-12-5-4-6-29-12/h4-7,9-10H,8H2,1-3H3,(H,18,25)(H,21,26). The van der Waals surface area contributed by atoms with Gasteiger partial charge in [-0.1, -0.05) is 0 Å². The Bertz CT molecular complexity index is 1050. The number of hydrogen-bond donors (Lipinski definition) is 2. The monoisotopic (exact) mass is 401 g/mol. The van der Waals surface area contributed by atoms with E-state index < -0.39 is 22.3 Å². The van der Waals surface area contributed by atoms with Crippen LogP contribution in [0.25, 0.3) is 0 Å². The molecule has 0 spiro atoms. The summed E-state index contributed by atoms with van der Waals surface area (Å²) in [7, 11) is 1.57. The molecule has 0 aliphatic carbocycles. The number of carbonyl (C=O) groups excluding carboxylic acids is 2. The lowest BCUT2D eigenvalue weighted by molar-refractivity contribution is -0.385. The van der Waals surface area contributed by atoms with Crippen molar-refractivity contribution in [2.45, 2.75) is 25.9 Å². The van der Waals surface area contributed by atoms with Gasteiger partial charge in [0.2, 0.25) is 0 Å². The molecule has 3 heterocycles. The Balaban J connectivity index is 1.76. The van der Waals surface area contributed by atoms with Crippen LogP contribution in [0.15, 0.2) is 41.4 Å². The van der Waals surface area contributed by atoms with Gasteiger partial charge in [-0.3, -0.25) is 29.1 Å². The van der Waals surface area contributed by atoms with Crippen molar-refractivity contribution >= 4 is 23.2 Å². The van der Waals surface area contributed by atoms with E-state index >= 15 is 0 Å². The fraction of sp³-hybridized carbons (Fsp3) is 0.294. The van der Waals surface area contributed by atoms with Crippen LogP contribution in [0.3, 0.4) is 0 Å². The second-order valence-electron chi connectivity index (χ2n) is 6.71. The highest BCUT2D eigenvalue weighted by Crippen LogP contribution is 2.22. The molecular formula is C17H19N7O5. The van der Waals surface area contributed by atoms with E-state index in [1.807, 2.05) is 0 Å². The number of anilines is 1. The molecule has 0 radical (unpaired) electrons. The highest BCUT2D eigenvalue weighted by Gasteiger charge is 2.33. The van der Waals surface area contributed by atoms with Gasteiger partial charge in [-0.15, -0.1) is 0 Å². The average molecular weight is 401 g/mol. The molecule has 0 unspecified atom stereocenters. The van der Waals surface area contributed by atoms with E-state index in [4.69, 9.17) is 4.42 Å². The lowest BCUT2D eigenvalue weighted by atomic mass is 10.0. The predicted octanol–water partition coefficient (Wildman–Crippen LogP) is 1.42. The van der Waals surface area contributed by atoms with E-state index in [1.165, 1.54) is 28.0 Å². The van der Waals surface area contributed by atoms with Crippen LogP contribution in [-0.2, 0) is 23.9 Å². The van der Waals surface area contributed by atoms with E-state index in [0.717, 1.165) is 6.20 Å². The molecule has 0 aliphatic heterocycles. The van der Waals surface area contributed by atoms with Crippen LogP contribution in [-0.4, -0.2) is 36.3 Å². The fourth-order valence-electron chi connectivity index (χ4n) is 2.56. The Morgan fingerprint density at radius 1 is 1.31 bits per heavy atom. The Morgan fingerprint density at radius 2 is 2.07 bits per heavy atom. The number of nitrogens with one attached hydrogen (secondary N) is 2. The van der Waals surface area contributed by atoms with Crippen molar-refractivity contribution in [1.29, 1.82) is 0 Å². The van der Waals surface area contributed by atoms with E-state index in [1.54, 1.807) is 33.0 Å². The first kappa shape index (κ1) is 19.8. The minimum absolute atomic E-state index is 0.146. The summed E-state index contributed by atoms with van der Waals surface area (Å²) in [5.74, 6) is -0.402. The molecule has 0 bridgehead atoms. The van der Waals surface area contributed by atoms with Crippen molar-refractivity contribution in [3.63, 3.8) is 0 Å². The molecule has 3 aromatic rings. The molecule has 12 heteroatoms. The van der Waals surface area contributed by atoms with Gasteiger partial charge in [0.25, 0.3) is 11.8 Å². The maximum absolute atomic E-state index is 12.8. The number of carbonyl (C=O) groups is 2. The van der Waals surface area contributed by atoms with Crippen LogP contribution < -0.4 is 10.6 Å². The Kier molecular flexibility index (Phi) is 5.17. The number of aromatic nitrogens is 4. The summed E-state index contributed by atoms with van der Waals surface area (Å²) in [4.78, 5) is 35.6. The molecule has 152 valence electrons. The lowest BCUT2D eigenvalue weighted by Crippen LogP contribution is -2.41. The predicted molar refractivity (Wildman–Crippen MR) is 99.9 cm³/mol. The van der Waals surface area contributed by atoms with Gasteiger partial charge < -0.3 is 15.1 Å². The summed E-state index contributed by atoms with van der Waals surface area (Å²) in [6, 6.07) is 3.43. The number of nitro groups is 1. The highest BCUT2D eigenvalue weighted by molar-refractivity contribution is 6.04. The van der Waals surface area contributed by atoms with Crippen molar-refractivity contribution in [3.05, 3.63) is 58.6 Å². The zero-order valence-electron chi connectivity index (χ0n) is 15.9. The third kappa shape index (κ3) is 4.00. The molecule has 2 N–H and O–H groups in total. The molecule has 3 aromatic heterocycles. The summed E-state index contributed by atoms with van der Waals surface area (Å²) in [6.07, 6.45) is 5.08. The lowest BCUT2D eigenvalue weighted by Gasteiger charge is -2.23. The Morgan fingerprint density at radius 3 is 2.69 bits per heavy atom. The SMILES string of the molecule is Cn1ncc(NC(=O)C(C)(C)n2cc([N+](=O)[O-])cn2)c1C(=O)NCc1ccco1. The van der Waals surface area contributed by atoms with E-state index in [2.05, 4.69) is 20.8 Å². The van der Waals surface area contributed by atoms with Crippen LogP contribution in [0.5, 0.6) is 0 Å². The largest absolute Gasteiger partial charge is 0.467 e. The summed E-state index contributed by atoms with van der Waals surface area (Å²) in [6.45, 7) is 3.27. The van der Waals surface area contributed by atoms with Crippen LogP contribution in [0.1, 0.15) is 30.1 Å². The average Bonchev–Trinajstić information content (AvgIpc) is 3.41. The van der Waals surface area contributed by atoms with Crippen LogP contribution in [0, 0.1) is 10.1 Å². The highest BCUT2D eigenvalue weighted by atomic mass is 16.6. The van der Waals surface area contributed by atoms with Gasteiger partial charge in [-0.2, -0.15) is 10.2 Å². The minimum atomic E-state index is -1.26. The van der Waals surface area contributed by atoms with Gasteiger partial charge >= 0.3 is 5.69 Å². The first-order valence-corrected chi connectivity index (χ1v) is 8.53. The summed E-state index contributed by atoms with van der Waals surface area (Å²) in [5.41, 5.74) is -1.15.